The number of benzene rings is 2. The van der Waals surface area contributed by atoms with Gasteiger partial charge >= 0.3 is 0 Å². The van der Waals surface area contributed by atoms with Crippen LogP contribution in [-0.2, 0) is 13.0 Å². The molecule has 4 rings (SSSR count). The first-order valence-electron chi connectivity index (χ1n) is 9.07. The molecule has 144 valence electrons. The zero-order valence-corrected chi connectivity index (χ0v) is 15.7. The Balaban J connectivity index is 1.57. The SMILES string of the molecule is O=C(N[C@@H]1CCCc2c1cnn2Cc1ccccc1Cl)c1cccc(F)c1F. The fourth-order valence-electron chi connectivity index (χ4n) is 3.61. The van der Waals surface area contributed by atoms with E-state index in [2.05, 4.69) is 10.4 Å². The van der Waals surface area contributed by atoms with Crippen molar-refractivity contribution in [3.63, 3.8) is 0 Å². The molecule has 0 unspecified atom stereocenters. The number of nitrogens with zero attached hydrogens (tertiary/aromatic N) is 2. The van der Waals surface area contributed by atoms with Crippen LogP contribution in [0.4, 0.5) is 8.78 Å². The predicted octanol–water partition coefficient (Wildman–Crippen LogP) is 4.67. The lowest BCUT2D eigenvalue weighted by Crippen LogP contribution is -2.31. The van der Waals surface area contributed by atoms with Gasteiger partial charge in [-0.25, -0.2) is 8.78 Å². The molecule has 1 aliphatic rings. The number of hydrogen-bond donors (Lipinski definition) is 1. The molecule has 0 spiro atoms. The van der Waals surface area contributed by atoms with Crippen LogP contribution in [-0.4, -0.2) is 15.7 Å². The second-order valence-corrected chi connectivity index (χ2v) is 7.22. The first kappa shape index (κ1) is 18.6. The molecule has 7 heteroatoms. The number of fused-ring (bicyclic) bond motifs is 1. The molecule has 0 bridgehead atoms. The van der Waals surface area contributed by atoms with Crippen LogP contribution in [0.2, 0.25) is 5.02 Å². The average Bonchev–Trinajstić information content (AvgIpc) is 3.10. The van der Waals surface area contributed by atoms with Gasteiger partial charge in [-0.2, -0.15) is 5.10 Å². The number of aromatic nitrogens is 2. The molecule has 3 aromatic rings. The Labute approximate surface area is 166 Å². The van der Waals surface area contributed by atoms with Gasteiger partial charge in [0.1, 0.15) is 0 Å². The summed E-state index contributed by atoms with van der Waals surface area (Å²) in [6, 6.07) is 10.9. The van der Waals surface area contributed by atoms with E-state index >= 15 is 0 Å². The van der Waals surface area contributed by atoms with Gasteiger partial charge in [0.15, 0.2) is 11.6 Å². The lowest BCUT2D eigenvalue weighted by Gasteiger charge is -2.24. The van der Waals surface area contributed by atoms with E-state index in [0.29, 0.717) is 18.0 Å². The summed E-state index contributed by atoms with van der Waals surface area (Å²) >= 11 is 6.25. The molecule has 28 heavy (non-hydrogen) atoms. The molecular formula is C21H18ClF2N3O. The third-order valence-corrected chi connectivity index (χ3v) is 5.41. The van der Waals surface area contributed by atoms with E-state index in [1.54, 1.807) is 6.20 Å². The highest BCUT2D eigenvalue weighted by atomic mass is 35.5. The highest BCUT2D eigenvalue weighted by Crippen LogP contribution is 2.31. The molecule has 1 amide bonds. The maximum Gasteiger partial charge on any atom is 0.254 e. The van der Waals surface area contributed by atoms with E-state index in [1.165, 1.54) is 12.1 Å². The van der Waals surface area contributed by atoms with Crippen molar-refractivity contribution >= 4 is 17.5 Å². The second-order valence-electron chi connectivity index (χ2n) is 6.82. The summed E-state index contributed by atoms with van der Waals surface area (Å²) < 4.78 is 29.2. The maximum atomic E-state index is 13.9. The van der Waals surface area contributed by atoms with Crippen LogP contribution in [0.15, 0.2) is 48.7 Å². The van der Waals surface area contributed by atoms with Crippen LogP contribution in [0, 0.1) is 11.6 Å². The number of amides is 1. The summed E-state index contributed by atoms with van der Waals surface area (Å²) in [6.07, 6.45) is 4.14. The van der Waals surface area contributed by atoms with Crippen molar-refractivity contribution in [2.24, 2.45) is 0 Å². The molecule has 0 saturated heterocycles. The Morgan fingerprint density at radius 3 is 2.86 bits per heavy atom. The summed E-state index contributed by atoms with van der Waals surface area (Å²) in [6.45, 7) is 0.536. The van der Waals surface area contributed by atoms with Crippen molar-refractivity contribution in [2.75, 3.05) is 0 Å². The standard InChI is InChI=1S/C21H18ClF2N3O/c22-16-7-2-1-5-13(16)12-27-19-10-4-9-18(15(19)11-25-27)26-21(28)14-6-3-8-17(23)20(14)24/h1-3,5-8,11,18H,4,9-10,12H2,(H,26,28)/t18-/m1/s1. The number of carbonyl (C=O) groups excluding carboxylic acids is 1. The number of halogens is 3. The zero-order chi connectivity index (χ0) is 19.7. The Kier molecular flexibility index (Phi) is 5.13. The summed E-state index contributed by atoms with van der Waals surface area (Å²) in [4.78, 5) is 12.5. The minimum absolute atomic E-state index is 0.293. The van der Waals surface area contributed by atoms with Crippen molar-refractivity contribution in [1.29, 1.82) is 0 Å². The number of rotatable bonds is 4. The molecule has 1 aromatic heterocycles. The van der Waals surface area contributed by atoms with Crippen molar-refractivity contribution in [1.82, 2.24) is 15.1 Å². The Morgan fingerprint density at radius 2 is 2.04 bits per heavy atom. The highest BCUT2D eigenvalue weighted by molar-refractivity contribution is 6.31. The lowest BCUT2D eigenvalue weighted by molar-refractivity contribution is 0.0927. The quantitative estimate of drug-likeness (QED) is 0.690. The van der Waals surface area contributed by atoms with Crippen LogP contribution in [0.25, 0.3) is 0 Å². The number of carbonyl (C=O) groups is 1. The molecule has 0 aliphatic heterocycles. The molecule has 1 aliphatic carbocycles. The fraction of sp³-hybridized carbons (Fsp3) is 0.238. The van der Waals surface area contributed by atoms with Gasteiger partial charge in [-0.15, -0.1) is 0 Å². The van der Waals surface area contributed by atoms with Crippen molar-refractivity contribution in [3.05, 3.63) is 87.7 Å². The molecule has 1 heterocycles. The molecule has 1 N–H and O–H groups in total. The van der Waals surface area contributed by atoms with Gasteiger partial charge in [0.25, 0.3) is 5.91 Å². The fourth-order valence-corrected chi connectivity index (χ4v) is 3.80. The van der Waals surface area contributed by atoms with Crippen LogP contribution in [0.1, 0.15) is 46.1 Å². The normalized spacial score (nSPS) is 15.9. The van der Waals surface area contributed by atoms with E-state index in [4.69, 9.17) is 11.6 Å². The molecule has 0 fully saturated rings. The summed E-state index contributed by atoms with van der Waals surface area (Å²) in [5.41, 5.74) is 2.60. The first-order valence-corrected chi connectivity index (χ1v) is 9.45. The summed E-state index contributed by atoms with van der Waals surface area (Å²) in [7, 11) is 0. The maximum absolute atomic E-state index is 13.9. The van der Waals surface area contributed by atoms with Crippen LogP contribution >= 0.6 is 11.6 Å². The Hall–Kier alpha value is -2.73. The van der Waals surface area contributed by atoms with Crippen molar-refractivity contribution in [2.45, 2.75) is 31.8 Å². The van der Waals surface area contributed by atoms with Crippen molar-refractivity contribution in [3.8, 4) is 0 Å². The van der Waals surface area contributed by atoms with Crippen molar-refractivity contribution < 1.29 is 13.6 Å². The summed E-state index contributed by atoms with van der Waals surface area (Å²) in [5.74, 6) is -2.80. The van der Waals surface area contributed by atoms with E-state index in [9.17, 15) is 13.6 Å². The largest absolute Gasteiger partial charge is 0.345 e. The van der Waals surface area contributed by atoms with Gasteiger partial charge in [-0.05, 0) is 43.0 Å². The van der Waals surface area contributed by atoms with Gasteiger partial charge in [0.2, 0.25) is 0 Å². The Bertz CT molecular complexity index is 1030. The van der Waals surface area contributed by atoms with Gasteiger partial charge in [-0.1, -0.05) is 35.9 Å². The average molecular weight is 402 g/mol. The summed E-state index contributed by atoms with van der Waals surface area (Å²) in [5, 5.41) is 7.97. The number of hydrogen-bond acceptors (Lipinski definition) is 2. The monoisotopic (exact) mass is 401 g/mol. The van der Waals surface area contributed by atoms with Crippen LogP contribution in [0.3, 0.4) is 0 Å². The van der Waals surface area contributed by atoms with Gasteiger partial charge < -0.3 is 5.32 Å². The second kappa shape index (κ2) is 7.72. The van der Waals surface area contributed by atoms with E-state index in [0.717, 1.165) is 35.7 Å². The Morgan fingerprint density at radius 1 is 1.21 bits per heavy atom. The van der Waals surface area contributed by atoms with E-state index in [1.807, 2.05) is 28.9 Å². The third kappa shape index (κ3) is 3.52. The first-order chi connectivity index (χ1) is 13.5. The van der Waals surface area contributed by atoms with Gasteiger partial charge in [-0.3, -0.25) is 9.48 Å². The van der Waals surface area contributed by atoms with Gasteiger partial charge in [0.05, 0.1) is 24.3 Å². The minimum Gasteiger partial charge on any atom is -0.345 e. The molecule has 2 aromatic carbocycles. The molecule has 1 atom stereocenters. The van der Waals surface area contributed by atoms with E-state index in [-0.39, 0.29) is 11.6 Å². The number of nitrogens with one attached hydrogen (secondary N) is 1. The van der Waals surface area contributed by atoms with Gasteiger partial charge in [0, 0.05) is 16.3 Å². The lowest BCUT2D eigenvalue weighted by atomic mass is 9.92. The topological polar surface area (TPSA) is 46.9 Å². The molecule has 0 radical (unpaired) electrons. The third-order valence-electron chi connectivity index (χ3n) is 5.04. The molecule has 0 saturated carbocycles. The highest BCUT2D eigenvalue weighted by Gasteiger charge is 2.27. The predicted molar refractivity (Wildman–Crippen MR) is 102 cm³/mol. The van der Waals surface area contributed by atoms with Crippen LogP contribution in [0.5, 0.6) is 0 Å². The smallest absolute Gasteiger partial charge is 0.254 e. The minimum atomic E-state index is -1.13. The van der Waals surface area contributed by atoms with Crippen LogP contribution < -0.4 is 5.32 Å². The zero-order valence-electron chi connectivity index (χ0n) is 15.0. The molecular weight excluding hydrogens is 384 g/mol. The molecule has 4 nitrogen and oxygen atoms in total. The van der Waals surface area contributed by atoms with E-state index < -0.39 is 17.5 Å².